The van der Waals surface area contributed by atoms with Crippen molar-refractivity contribution in [3.63, 3.8) is 0 Å². The fourth-order valence-corrected chi connectivity index (χ4v) is 5.59. The molecule has 0 fully saturated rings. The van der Waals surface area contributed by atoms with Crippen molar-refractivity contribution < 1.29 is 4.79 Å². The molecule has 0 bridgehead atoms. The lowest BCUT2D eigenvalue weighted by atomic mass is 10.1. The van der Waals surface area contributed by atoms with Crippen molar-refractivity contribution in [2.24, 2.45) is 0 Å². The van der Waals surface area contributed by atoms with Crippen LogP contribution in [0, 0.1) is 0 Å². The SMILES string of the molecule is O=C(CSc1nc2scc(-c3ccccc3)c2c(=O)[nH]1)Nc1nc(-c2ccccc2)cs1. The number of nitrogens with one attached hydrogen (secondary N) is 2. The summed E-state index contributed by atoms with van der Waals surface area (Å²) in [5.74, 6) is -0.0890. The number of anilines is 1. The van der Waals surface area contributed by atoms with E-state index < -0.39 is 0 Å². The molecule has 0 unspecified atom stereocenters. The van der Waals surface area contributed by atoms with Crippen LogP contribution in [0.2, 0.25) is 0 Å². The van der Waals surface area contributed by atoms with Gasteiger partial charge in [-0.15, -0.1) is 22.7 Å². The van der Waals surface area contributed by atoms with Gasteiger partial charge >= 0.3 is 0 Å². The summed E-state index contributed by atoms with van der Waals surface area (Å²) >= 11 is 3.99. The van der Waals surface area contributed by atoms with Gasteiger partial charge in [0.25, 0.3) is 5.56 Å². The molecule has 0 aliphatic carbocycles. The van der Waals surface area contributed by atoms with Gasteiger partial charge < -0.3 is 10.3 Å². The first-order valence-electron chi connectivity index (χ1n) is 9.68. The van der Waals surface area contributed by atoms with Gasteiger partial charge in [-0.2, -0.15) is 0 Å². The number of carbonyl (C=O) groups is 1. The minimum Gasteiger partial charge on any atom is -0.301 e. The predicted octanol–water partition coefficient (Wildman–Crippen LogP) is 5.51. The van der Waals surface area contributed by atoms with Crippen molar-refractivity contribution in [1.82, 2.24) is 15.0 Å². The summed E-state index contributed by atoms with van der Waals surface area (Å²) in [6.45, 7) is 0. The summed E-state index contributed by atoms with van der Waals surface area (Å²) in [5.41, 5.74) is 3.46. The number of aromatic amines is 1. The van der Waals surface area contributed by atoms with Gasteiger partial charge in [-0.3, -0.25) is 9.59 Å². The van der Waals surface area contributed by atoms with E-state index in [1.807, 2.05) is 71.4 Å². The minimum absolute atomic E-state index is 0.117. The van der Waals surface area contributed by atoms with Crippen LogP contribution in [0.25, 0.3) is 32.6 Å². The summed E-state index contributed by atoms with van der Waals surface area (Å²) in [6.07, 6.45) is 0. The predicted molar refractivity (Wildman–Crippen MR) is 133 cm³/mol. The number of fused-ring (bicyclic) bond motifs is 1. The summed E-state index contributed by atoms with van der Waals surface area (Å²) in [4.78, 5) is 37.6. The smallest absolute Gasteiger partial charge is 0.260 e. The Hall–Kier alpha value is -3.27. The average Bonchev–Trinajstić information content (AvgIpc) is 3.46. The third-order valence-electron chi connectivity index (χ3n) is 4.67. The summed E-state index contributed by atoms with van der Waals surface area (Å²) in [7, 11) is 0. The molecule has 0 saturated heterocycles. The molecule has 32 heavy (non-hydrogen) atoms. The lowest BCUT2D eigenvalue weighted by Crippen LogP contribution is -2.15. The molecular formula is C23H16N4O2S3. The summed E-state index contributed by atoms with van der Waals surface area (Å²) < 4.78 is 0. The molecule has 3 heterocycles. The Morgan fingerprint density at radius 3 is 2.41 bits per heavy atom. The highest BCUT2D eigenvalue weighted by Crippen LogP contribution is 2.31. The van der Waals surface area contributed by atoms with Crippen LogP contribution in [0.3, 0.4) is 0 Å². The van der Waals surface area contributed by atoms with Crippen molar-refractivity contribution in [2.75, 3.05) is 11.1 Å². The third kappa shape index (κ3) is 4.36. The van der Waals surface area contributed by atoms with Gasteiger partial charge in [0.05, 0.1) is 16.8 Å². The molecule has 2 N–H and O–H groups in total. The van der Waals surface area contributed by atoms with Gasteiger partial charge in [-0.25, -0.2) is 9.97 Å². The van der Waals surface area contributed by atoms with Crippen LogP contribution in [0.15, 0.2) is 81.4 Å². The Morgan fingerprint density at radius 2 is 1.66 bits per heavy atom. The molecule has 0 atom stereocenters. The number of benzene rings is 2. The number of rotatable bonds is 6. The maximum atomic E-state index is 12.7. The molecule has 0 spiro atoms. The monoisotopic (exact) mass is 476 g/mol. The highest BCUT2D eigenvalue weighted by atomic mass is 32.2. The lowest BCUT2D eigenvalue weighted by molar-refractivity contribution is -0.113. The Bertz CT molecular complexity index is 1440. The first-order valence-corrected chi connectivity index (χ1v) is 12.4. The van der Waals surface area contributed by atoms with Gasteiger partial charge in [0, 0.05) is 21.9 Å². The first-order chi connectivity index (χ1) is 15.7. The number of thiazole rings is 1. The Balaban J connectivity index is 1.27. The van der Waals surface area contributed by atoms with E-state index in [0.717, 1.165) is 22.4 Å². The van der Waals surface area contributed by atoms with Crippen LogP contribution < -0.4 is 10.9 Å². The molecule has 3 aromatic heterocycles. The molecule has 0 aliphatic heterocycles. The molecule has 9 heteroatoms. The number of thiophene rings is 1. The first kappa shape index (κ1) is 20.6. The number of nitrogens with zero attached hydrogens (tertiary/aromatic N) is 2. The minimum atomic E-state index is -0.206. The molecule has 5 rings (SSSR count). The number of hydrogen-bond acceptors (Lipinski definition) is 7. The Kier molecular flexibility index (Phi) is 5.85. The fourth-order valence-electron chi connectivity index (χ4n) is 3.19. The standard InChI is InChI=1S/C23H16N4O2S3/c28-18(25-22-24-17(12-31-22)15-9-5-2-6-10-15)13-32-23-26-20(29)19-16(11-30-21(19)27-23)14-7-3-1-4-8-14/h1-12H,13H2,(H,24,25,28)(H,26,27,29). The van der Waals surface area contributed by atoms with E-state index in [2.05, 4.69) is 20.3 Å². The zero-order valence-corrected chi connectivity index (χ0v) is 19.0. The highest BCUT2D eigenvalue weighted by Gasteiger charge is 2.14. The van der Waals surface area contributed by atoms with Crippen molar-refractivity contribution in [2.45, 2.75) is 5.16 Å². The summed E-state index contributed by atoms with van der Waals surface area (Å²) in [6, 6.07) is 19.5. The van der Waals surface area contributed by atoms with Crippen LogP contribution in [-0.4, -0.2) is 26.6 Å². The number of amides is 1. The highest BCUT2D eigenvalue weighted by molar-refractivity contribution is 7.99. The maximum absolute atomic E-state index is 12.7. The van der Waals surface area contributed by atoms with Crippen molar-refractivity contribution >= 4 is 55.7 Å². The normalized spacial score (nSPS) is 11.0. The number of aromatic nitrogens is 3. The second kappa shape index (κ2) is 9.07. The van der Waals surface area contributed by atoms with E-state index in [1.165, 1.54) is 34.4 Å². The van der Waals surface area contributed by atoms with E-state index in [1.54, 1.807) is 0 Å². The molecule has 0 saturated carbocycles. The van der Waals surface area contributed by atoms with Gasteiger partial charge in [-0.1, -0.05) is 72.4 Å². The van der Waals surface area contributed by atoms with Crippen LogP contribution >= 0.6 is 34.4 Å². The molecule has 1 amide bonds. The van der Waals surface area contributed by atoms with Crippen molar-refractivity contribution in [1.29, 1.82) is 0 Å². The average molecular weight is 477 g/mol. The molecule has 6 nitrogen and oxygen atoms in total. The van der Waals surface area contributed by atoms with Crippen LogP contribution in [0.4, 0.5) is 5.13 Å². The van der Waals surface area contributed by atoms with Gasteiger partial charge in [-0.05, 0) is 5.56 Å². The number of hydrogen-bond donors (Lipinski definition) is 2. The molecular weight excluding hydrogens is 460 g/mol. The van der Waals surface area contributed by atoms with E-state index >= 15 is 0 Å². The van der Waals surface area contributed by atoms with Crippen LogP contribution in [0.1, 0.15) is 0 Å². The van der Waals surface area contributed by atoms with Crippen LogP contribution in [-0.2, 0) is 4.79 Å². The van der Waals surface area contributed by atoms with E-state index in [9.17, 15) is 9.59 Å². The largest absolute Gasteiger partial charge is 0.301 e. The van der Waals surface area contributed by atoms with Gasteiger partial charge in [0.1, 0.15) is 4.83 Å². The molecule has 158 valence electrons. The van der Waals surface area contributed by atoms with E-state index in [-0.39, 0.29) is 17.2 Å². The van der Waals surface area contributed by atoms with E-state index in [4.69, 9.17) is 0 Å². The topological polar surface area (TPSA) is 87.7 Å². The number of carbonyl (C=O) groups excluding carboxylic acids is 1. The quantitative estimate of drug-likeness (QED) is 0.249. The van der Waals surface area contributed by atoms with Gasteiger partial charge in [0.2, 0.25) is 5.91 Å². The Morgan fingerprint density at radius 1 is 0.938 bits per heavy atom. The van der Waals surface area contributed by atoms with Gasteiger partial charge in [0.15, 0.2) is 10.3 Å². The lowest BCUT2D eigenvalue weighted by Gasteiger charge is -2.03. The molecule has 0 aliphatic rings. The number of H-pyrrole nitrogens is 1. The van der Waals surface area contributed by atoms with Crippen LogP contribution in [0.5, 0.6) is 0 Å². The molecule has 2 aromatic carbocycles. The maximum Gasteiger partial charge on any atom is 0.260 e. The number of thioether (sulfide) groups is 1. The van der Waals surface area contributed by atoms with Crippen molar-refractivity contribution in [3.05, 3.63) is 81.8 Å². The summed E-state index contributed by atoms with van der Waals surface area (Å²) in [5, 5.41) is 8.19. The molecule has 0 radical (unpaired) electrons. The zero-order valence-electron chi connectivity index (χ0n) is 16.6. The third-order valence-corrected chi connectivity index (χ3v) is 7.17. The van der Waals surface area contributed by atoms with E-state index in [0.29, 0.717) is 20.5 Å². The zero-order chi connectivity index (χ0) is 21.9. The molecule has 5 aromatic rings. The Labute approximate surface area is 195 Å². The fraction of sp³-hybridized carbons (Fsp3) is 0.0435. The second-order valence-corrected chi connectivity index (χ2v) is 9.49. The second-order valence-electron chi connectivity index (χ2n) is 6.81. The van der Waals surface area contributed by atoms with Crippen molar-refractivity contribution in [3.8, 4) is 22.4 Å².